The van der Waals surface area contributed by atoms with E-state index in [-0.39, 0.29) is 5.78 Å². The molecule has 3 heteroatoms. The minimum Gasteiger partial charge on any atom is -0.398 e. The number of quaternary nitrogens is 1. The quantitative estimate of drug-likeness (QED) is 0.449. The van der Waals surface area contributed by atoms with Crippen molar-refractivity contribution in [2.75, 3.05) is 5.73 Å². The van der Waals surface area contributed by atoms with E-state index < -0.39 is 0 Å². The predicted octanol–water partition coefficient (Wildman–Crippen LogP) is 0.345. The minimum absolute atomic E-state index is 0.0342. The van der Waals surface area contributed by atoms with E-state index in [1.54, 1.807) is 18.2 Å². The summed E-state index contributed by atoms with van der Waals surface area (Å²) in [4.78, 5) is 11.0. The van der Waals surface area contributed by atoms with Gasteiger partial charge < -0.3 is 11.5 Å². The average Bonchev–Trinajstić information content (AvgIpc) is 1.85. The molecule has 1 rings (SSSR count). The second kappa shape index (κ2) is 2.72. The Morgan fingerprint density at radius 1 is 1.55 bits per heavy atom. The van der Waals surface area contributed by atoms with Gasteiger partial charge in [0.1, 0.15) is 11.3 Å². The van der Waals surface area contributed by atoms with Gasteiger partial charge in [-0.2, -0.15) is 0 Å². The highest BCUT2D eigenvalue weighted by Crippen LogP contribution is 2.17. The second-order valence-corrected chi connectivity index (χ2v) is 2.44. The SMILES string of the molecule is CC(=O)c1c(N)cccc1[NH3+]. The van der Waals surface area contributed by atoms with Crippen LogP contribution in [-0.4, -0.2) is 5.78 Å². The summed E-state index contributed by atoms with van der Waals surface area (Å²) in [5.74, 6) is -0.0342. The molecule has 0 aliphatic carbocycles. The van der Waals surface area contributed by atoms with Crippen molar-refractivity contribution in [2.45, 2.75) is 6.92 Å². The molecule has 0 atom stereocenters. The zero-order chi connectivity index (χ0) is 8.43. The zero-order valence-corrected chi connectivity index (χ0v) is 6.42. The third-order valence-corrected chi connectivity index (χ3v) is 1.54. The first-order valence-electron chi connectivity index (χ1n) is 3.34. The lowest BCUT2D eigenvalue weighted by atomic mass is 10.1. The van der Waals surface area contributed by atoms with Crippen molar-refractivity contribution in [3.63, 3.8) is 0 Å². The first-order valence-corrected chi connectivity index (χ1v) is 3.34. The van der Waals surface area contributed by atoms with Crippen LogP contribution in [0.15, 0.2) is 18.2 Å². The molecular formula is C8H11N2O+. The van der Waals surface area contributed by atoms with Crippen molar-refractivity contribution >= 4 is 17.2 Å². The molecule has 0 fully saturated rings. The van der Waals surface area contributed by atoms with Gasteiger partial charge in [0, 0.05) is 5.69 Å². The predicted molar refractivity (Wildman–Crippen MR) is 43.4 cm³/mol. The van der Waals surface area contributed by atoms with Gasteiger partial charge in [0.05, 0.1) is 0 Å². The van der Waals surface area contributed by atoms with Crippen LogP contribution in [0, 0.1) is 0 Å². The third kappa shape index (κ3) is 1.38. The van der Waals surface area contributed by atoms with Crippen LogP contribution < -0.4 is 11.5 Å². The van der Waals surface area contributed by atoms with E-state index in [4.69, 9.17) is 5.73 Å². The number of carbonyl (C=O) groups is 1. The first-order chi connectivity index (χ1) is 5.13. The van der Waals surface area contributed by atoms with Gasteiger partial charge in [0.15, 0.2) is 5.78 Å². The number of ketones is 1. The van der Waals surface area contributed by atoms with E-state index in [0.717, 1.165) is 0 Å². The van der Waals surface area contributed by atoms with E-state index >= 15 is 0 Å². The zero-order valence-electron chi connectivity index (χ0n) is 6.42. The van der Waals surface area contributed by atoms with Crippen LogP contribution in [0.25, 0.3) is 0 Å². The lowest BCUT2D eigenvalue weighted by Crippen LogP contribution is -2.42. The Kier molecular flexibility index (Phi) is 1.92. The summed E-state index contributed by atoms with van der Waals surface area (Å²) >= 11 is 0. The van der Waals surface area contributed by atoms with Crippen molar-refractivity contribution < 1.29 is 10.5 Å². The number of Topliss-reactive ketones (excluding diaryl/α,β-unsaturated/α-hetero) is 1. The maximum absolute atomic E-state index is 11.0. The Balaban J connectivity index is 3.32. The molecule has 58 valence electrons. The molecule has 11 heavy (non-hydrogen) atoms. The number of nitrogens with two attached hydrogens (primary N) is 1. The molecule has 0 radical (unpaired) electrons. The Morgan fingerprint density at radius 3 is 2.55 bits per heavy atom. The lowest BCUT2D eigenvalue weighted by Gasteiger charge is -2.00. The fraction of sp³-hybridized carbons (Fsp3) is 0.125. The molecule has 3 nitrogen and oxygen atoms in total. The molecule has 0 unspecified atom stereocenters. The molecule has 0 saturated carbocycles. The second-order valence-electron chi connectivity index (χ2n) is 2.44. The molecule has 0 aromatic heterocycles. The smallest absolute Gasteiger partial charge is 0.167 e. The van der Waals surface area contributed by atoms with E-state index in [9.17, 15) is 4.79 Å². The number of rotatable bonds is 1. The number of anilines is 1. The standard InChI is InChI=1S/C8H10N2O/c1-5(11)8-6(9)3-2-4-7(8)10/h2-4H,9-10H2,1H3/p+1. The summed E-state index contributed by atoms with van der Waals surface area (Å²) in [5.41, 5.74) is 11.0. The molecule has 0 aliphatic rings. The molecule has 1 aromatic carbocycles. The van der Waals surface area contributed by atoms with Gasteiger partial charge in [-0.15, -0.1) is 0 Å². The molecule has 0 spiro atoms. The fourth-order valence-corrected chi connectivity index (χ4v) is 1.05. The number of hydrogen-bond donors (Lipinski definition) is 2. The fourth-order valence-electron chi connectivity index (χ4n) is 1.05. The van der Waals surface area contributed by atoms with Gasteiger partial charge in [-0.1, -0.05) is 6.07 Å². The van der Waals surface area contributed by atoms with Crippen molar-refractivity contribution in [3.8, 4) is 0 Å². The van der Waals surface area contributed by atoms with Gasteiger partial charge in [-0.05, 0) is 19.1 Å². The van der Waals surface area contributed by atoms with E-state index in [1.165, 1.54) is 6.92 Å². The van der Waals surface area contributed by atoms with Gasteiger partial charge in [-0.25, -0.2) is 0 Å². The number of hydrogen-bond acceptors (Lipinski definition) is 2. The minimum atomic E-state index is -0.0342. The van der Waals surface area contributed by atoms with Crippen LogP contribution in [0.5, 0.6) is 0 Å². The van der Waals surface area contributed by atoms with Crippen LogP contribution in [0.3, 0.4) is 0 Å². The number of benzene rings is 1. The normalized spacial score (nSPS) is 9.64. The molecule has 0 heterocycles. The lowest BCUT2D eigenvalue weighted by molar-refractivity contribution is -0.255. The van der Waals surface area contributed by atoms with E-state index in [1.807, 2.05) is 0 Å². The summed E-state index contributed by atoms with van der Waals surface area (Å²) in [6, 6.07) is 5.25. The molecule has 1 aromatic rings. The Labute approximate surface area is 65.0 Å². The third-order valence-electron chi connectivity index (χ3n) is 1.54. The van der Waals surface area contributed by atoms with E-state index in [0.29, 0.717) is 16.9 Å². The summed E-state index contributed by atoms with van der Waals surface area (Å²) in [5, 5.41) is 0. The van der Waals surface area contributed by atoms with Crippen LogP contribution in [0.2, 0.25) is 0 Å². The van der Waals surface area contributed by atoms with Gasteiger partial charge in [0.25, 0.3) is 0 Å². The summed E-state index contributed by atoms with van der Waals surface area (Å²) < 4.78 is 0. The molecule has 5 N–H and O–H groups in total. The van der Waals surface area contributed by atoms with E-state index in [2.05, 4.69) is 5.73 Å². The number of nitrogen functional groups attached to an aromatic ring is 1. The maximum atomic E-state index is 11.0. The van der Waals surface area contributed by atoms with Crippen molar-refractivity contribution in [3.05, 3.63) is 23.8 Å². The number of carbonyl (C=O) groups excluding carboxylic acids is 1. The van der Waals surface area contributed by atoms with Crippen molar-refractivity contribution in [1.82, 2.24) is 0 Å². The highest BCUT2D eigenvalue weighted by atomic mass is 16.1. The molecule has 0 amide bonds. The average molecular weight is 151 g/mol. The highest BCUT2D eigenvalue weighted by molar-refractivity contribution is 6.02. The molecule has 0 saturated heterocycles. The summed E-state index contributed by atoms with van der Waals surface area (Å²) in [7, 11) is 0. The Bertz CT molecular complexity index is 274. The summed E-state index contributed by atoms with van der Waals surface area (Å²) in [6.45, 7) is 1.49. The topological polar surface area (TPSA) is 70.7 Å². The van der Waals surface area contributed by atoms with Gasteiger partial charge >= 0.3 is 0 Å². The maximum Gasteiger partial charge on any atom is 0.167 e. The molecule has 0 aliphatic heterocycles. The van der Waals surface area contributed by atoms with Crippen LogP contribution in [-0.2, 0) is 0 Å². The van der Waals surface area contributed by atoms with Gasteiger partial charge in [-0.3, -0.25) is 4.79 Å². The first kappa shape index (κ1) is 7.75. The monoisotopic (exact) mass is 151 g/mol. The van der Waals surface area contributed by atoms with Crippen LogP contribution >= 0.6 is 0 Å². The van der Waals surface area contributed by atoms with Crippen LogP contribution in [0.1, 0.15) is 17.3 Å². The van der Waals surface area contributed by atoms with Crippen LogP contribution in [0.4, 0.5) is 11.4 Å². The highest BCUT2D eigenvalue weighted by Gasteiger charge is 2.09. The van der Waals surface area contributed by atoms with Gasteiger partial charge in [0.2, 0.25) is 0 Å². The Hall–Kier alpha value is -1.35. The van der Waals surface area contributed by atoms with Crippen molar-refractivity contribution in [2.24, 2.45) is 0 Å². The molecular weight excluding hydrogens is 140 g/mol. The molecule has 0 bridgehead atoms. The Morgan fingerprint density at radius 2 is 2.18 bits per heavy atom. The van der Waals surface area contributed by atoms with Crippen molar-refractivity contribution in [1.29, 1.82) is 0 Å². The summed E-state index contributed by atoms with van der Waals surface area (Å²) in [6.07, 6.45) is 0. The largest absolute Gasteiger partial charge is 0.398 e.